The molecule has 1 aliphatic rings. The minimum Gasteiger partial charge on any atom is -0.378 e. The molecule has 0 saturated carbocycles. The number of non-ortho nitro benzene ring substituents is 1. The Morgan fingerprint density at radius 3 is 2.38 bits per heavy atom. The molecular formula is C23H24N6O5. The molecule has 11 heteroatoms. The molecule has 2 heterocycles. The van der Waals surface area contributed by atoms with Crippen LogP contribution >= 0.6 is 0 Å². The molecular weight excluding hydrogens is 440 g/mol. The van der Waals surface area contributed by atoms with Gasteiger partial charge in [0.15, 0.2) is 0 Å². The first-order valence-electron chi connectivity index (χ1n) is 10.7. The van der Waals surface area contributed by atoms with Crippen molar-refractivity contribution in [2.45, 2.75) is 0 Å². The molecule has 176 valence electrons. The lowest BCUT2D eigenvalue weighted by atomic mass is 10.2. The van der Waals surface area contributed by atoms with Crippen LogP contribution in [0.15, 0.2) is 60.9 Å². The van der Waals surface area contributed by atoms with E-state index in [0.29, 0.717) is 30.2 Å². The number of rotatable bonds is 7. The maximum absolute atomic E-state index is 12.7. The Morgan fingerprint density at radius 1 is 1.09 bits per heavy atom. The predicted octanol–water partition coefficient (Wildman–Crippen LogP) is 2.33. The molecule has 4 rings (SSSR count). The number of nitrogens with zero attached hydrogens (tertiary/aromatic N) is 5. The number of morpholine rings is 1. The number of nitro benzene ring substituents is 1. The molecule has 0 atom stereocenters. The summed E-state index contributed by atoms with van der Waals surface area (Å²) in [4.78, 5) is 39.0. The molecule has 3 aromatic rings. The van der Waals surface area contributed by atoms with Crippen molar-refractivity contribution >= 4 is 28.9 Å². The zero-order valence-corrected chi connectivity index (χ0v) is 18.6. The molecule has 1 aromatic heterocycles. The second-order valence-corrected chi connectivity index (χ2v) is 7.80. The summed E-state index contributed by atoms with van der Waals surface area (Å²) in [5.41, 5.74) is 2.55. The number of carbonyl (C=O) groups excluding carboxylic acids is 2. The number of benzene rings is 2. The van der Waals surface area contributed by atoms with Gasteiger partial charge in [-0.05, 0) is 36.4 Å². The van der Waals surface area contributed by atoms with Crippen LogP contribution < -0.4 is 10.2 Å². The highest BCUT2D eigenvalue weighted by Gasteiger charge is 2.18. The van der Waals surface area contributed by atoms with Gasteiger partial charge in [0.25, 0.3) is 11.6 Å². The standard InChI is InChI=1S/C23H24N6O5/c1-26(16-22(30)25-18-2-4-19(5-3-18)27-10-12-34-13-11-27)23(31)17-14-24-28(15-17)20-6-8-21(9-7-20)29(32)33/h2-9,14-15H,10-13,16H2,1H3,(H,25,30). The zero-order chi connectivity index (χ0) is 24.1. The maximum Gasteiger partial charge on any atom is 0.269 e. The van der Waals surface area contributed by atoms with Gasteiger partial charge in [-0.25, -0.2) is 4.68 Å². The van der Waals surface area contributed by atoms with Gasteiger partial charge in [-0.15, -0.1) is 0 Å². The van der Waals surface area contributed by atoms with E-state index in [9.17, 15) is 19.7 Å². The Hall–Kier alpha value is -4.25. The summed E-state index contributed by atoms with van der Waals surface area (Å²) < 4.78 is 6.81. The summed E-state index contributed by atoms with van der Waals surface area (Å²) in [6.45, 7) is 2.93. The second-order valence-electron chi connectivity index (χ2n) is 7.80. The van der Waals surface area contributed by atoms with Gasteiger partial charge in [0.2, 0.25) is 5.91 Å². The quantitative estimate of drug-likeness (QED) is 0.420. The number of carbonyl (C=O) groups is 2. The first kappa shape index (κ1) is 22.9. The van der Waals surface area contributed by atoms with Crippen LogP contribution in [0, 0.1) is 10.1 Å². The minimum atomic E-state index is -0.486. The maximum atomic E-state index is 12.7. The van der Waals surface area contributed by atoms with Gasteiger partial charge in [0.05, 0.1) is 42.1 Å². The third-order valence-electron chi connectivity index (χ3n) is 5.41. The SMILES string of the molecule is CN(CC(=O)Nc1ccc(N2CCOCC2)cc1)C(=O)c1cnn(-c2ccc([N+](=O)[O-])cc2)c1. The van der Waals surface area contributed by atoms with E-state index in [1.807, 2.05) is 24.3 Å². The lowest BCUT2D eigenvalue weighted by molar-refractivity contribution is -0.384. The van der Waals surface area contributed by atoms with Crippen LogP contribution in [0.1, 0.15) is 10.4 Å². The van der Waals surface area contributed by atoms with Gasteiger partial charge in [-0.3, -0.25) is 19.7 Å². The minimum absolute atomic E-state index is 0.0336. The fraction of sp³-hybridized carbons (Fsp3) is 0.261. The monoisotopic (exact) mass is 464 g/mol. The summed E-state index contributed by atoms with van der Waals surface area (Å²) in [6, 6.07) is 13.4. The highest BCUT2D eigenvalue weighted by atomic mass is 16.6. The van der Waals surface area contributed by atoms with Crippen molar-refractivity contribution in [1.29, 1.82) is 0 Å². The molecule has 0 bridgehead atoms. The molecule has 1 saturated heterocycles. The average Bonchev–Trinajstić information content (AvgIpc) is 3.35. The van der Waals surface area contributed by atoms with Gasteiger partial charge < -0.3 is 19.9 Å². The van der Waals surface area contributed by atoms with E-state index < -0.39 is 4.92 Å². The predicted molar refractivity (Wildman–Crippen MR) is 125 cm³/mol. The molecule has 0 radical (unpaired) electrons. The topological polar surface area (TPSA) is 123 Å². The first-order valence-corrected chi connectivity index (χ1v) is 10.7. The molecule has 1 N–H and O–H groups in total. The number of aromatic nitrogens is 2. The van der Waals surface area contributed by atoms with Gasteiger partial charge in [-0.1, -0.05) is 0 Å². The van der Waals surface area contributed by atoms with Gasteiger partial charge in [0, 0.05) is 49.8 Å². The number of hydrogen-bond acceptors (Lipinski definition) is 7. The van der Waals surface area contributed by atoms with E-state index in [0.717, 1.165) is 18.8 Å². The number of nitrogens with one attached hydrogen (secondary N) is 1. The van der Waals surface area contributed by atoms with E-state index in [-0.39, 0.29) is 24.0 Å². The lowest BCUT2D eigenvalue weighted by Crippen LogP contribution is -2.36. The molecule has 1 aliphatic heterocycles. The van der Waals surface area contributed by atoms with Crippen LogP contribution in [0.5, 0.6) is 0 Å². The Morgan fingerprint density at radius 2 is 1.74 bits per heavy atom. The van der Waals surface area contributed by atoms with Crippen molar-refractivity contribution in [3.63, 3.8) is 0 Å². The Balaban J connectivity index is 1.32. The van der Waals surface area contributed by atoms with Crippen molar-refractivity contribution in [3.05, 3.63) is 76.6 Å². The van der Waals surface area contributed by atoms with Crippen LogP contribution in [0.25, 0.3) is 5.69 Å². The number of anilines is 2. The third-order valence-corrected chi connectivity index (χ3v) is 5.41. The lowest BCUT2D eigenvalue weighted by Gasteiger charge is -2.28. The van der Waals surface area contributed by atoms with Crippen molar-refractivity contribution in [3.8, 4) is 5.69 Å². The fourth-order valence-electron chi connectivity index (χ4n) is 3.59. The molecule has 2 aromatic carbocycles. The summed E-state index contributed by atoms with van der Waals surface area (Å²) >= 11 is 0. The highest BCUT2D eigenvalue weighted by molar-refractivity contribution is 5.99. The number of ether oxygens (including phenoxy) is 1. The number of hydrogen-bond donors (Lipinski definition) is 1. The Labute approximate surface area is 195 Å². The number of likely N-dealkylation sites (N-methyl/N-ethyl adjacent to an activating group) is 1. The molecule has 0 spiro atoms. The molecule has 11 nitrogen and oxygen atoms in total. The number of amides is 2. The van der Waals surface area contributed by atoms with Crippen LogP contribution in [-0.4, -0.2) is 71.3 Å². The van der Waals surface area contributed by atoms with Crippen LogP contribution in [0.2, 0.25) is 0 Å². The van der Waals surface area contributed by atoms with Crippen LogP contribution in [0.3, 0.4) is 0 Å². The van der Waals surface area contributed by atoms with Gasteiger partial charge in [-0.2, -0.15) is 5.10 Å². The van der Waals surface area contributed by atoms with Crippen molar-refractivity contribution in [2.75, 3.05) is 50.1 Å². The van der Waals surface area contributed by atoms with Gasteiger partial charge in [0.1, 0.15) is 0 Å². The van der Waals surface area contributed by atoms with Crippen LogP contribution in [0.4, 0.5) is 17.1 Å². The van der Waals surface area contributed by atoms with Crippen molar-refractivity contribution in [1.82, 2.24) is 14.7 Å². The first-order chi connectivity index (χ1) is 16.4. The Bertz CT molecular complexity index is 1170. The molecule has 0 aliphatic carbocycles. The van der Waals surface area contributed by atoms with Gasteiger partial charge >= 0.3 is 0 Å². The van der Waals surface area contributed by atoms with E-state index in [1.54, 1.807) is 12.1 Å². The van der Waals surface area contributed by atoms with Crippen LogP contribution in [-0.2, 0) is 9.53 Å². The summed E-state index contributed by atoms with van der Waals surface area (Å²) in [7, 11) is 1.53. The van der Waals surface area contributed by atoms with Crippen molar-refractivity contribution in [2.24, 2.45) is 0 Å². The number of nitro groups is 1. The fourth-order valence-corrected chi connectivity index (χ4v) is 3.59. The molecule has 34 heavy (non-hydrogen) atoms. The normalized spacial score (nSPS) is 13.4. The molecule has 0 unspecified atom stereocenters. The smallest absolute Gasteiger partial charge is 0.269 e. The second kappa shape index (κ2) is 10.1. The summed E-state index contributed by atoms with van der Waals surface area (Å²) in [6.07, 6.45) is 2.91. The Kier molecular flexibility index (Phi) is 6.83. The largest absolute Gasteiger partial charge is 0.378 e. The highest BCUT2D eigenvalue weighted by Crippen LogP contribution is 2.19. The molecule has 2 amide bonds. The van der Waals surface area contributed by atoms with E-state index in [4.69, 9.17) is 4.74 Å². The third kappa shape index (κ3) is 5.38. The zero-order valence-electron chi connectivity index (χ0n) is 18.6. The van der Waals surface area contributed by atoms with E-state index >= 15 is 0 Å². The summed E-state index contributed by atoms with van der Waals surface area (Å²) in [5.74, 6) is -0.691. The van der Waals surface area contributed by atoms with Crippen molar-refractivity contribution < 1.29 is 19.2 Å². The average molecular weight is 464 g/mol. The van der Waals surface area contributed by atoms with E-state index in [1.165, 1.54) is 41.2 Å². The van der Waals surface area contributed by atoms with E-state index in [2.05, 4.69) is 15.3 Å². The summed E-state index contributed by atoms with van der Waals surface area (Å²) in [5, 5.41) is 17.7. The molecule has 1 fully saturated rings.